The Bertz CT molecular complexity index is 648. The lowest BCUT2D eigenvalue weighted by molar-refractivity contribution is -0.169. The third-order valence-electron chi connectivity index (χ3n) is 3.35. The van der Waals surface area contributed by atoms with Gasteiger partial charge in [0.2, 0.25) is 11.4 Å². The monoisotopic (exact) mass is 332 g/mol. The molecule has 0 aromatic heterocycles. The summed E-state index contributed by atoms with van der Waals surface area (Å²) in [5, 5.41) is 11.1. The minimum atomic E-state index is -1.87. The van der Waals surface area contributed by atoms with Crippen molar-refractivity contribution >= 4 is 17.8 Å². The summed E-state index contributed by atoms with van der Waals surface area (Å²) >= 11 is 0. The second kappa shape index (κ2) is 8.67. The molecule has 0 aliphatic heterocycles. The van der Waals surface area contributed by atoms with Crippen LogP contribution in [0.4, 0.5) is 0 Å². The van der Waals surface area contributed by atoms with Gasteiger partial charge in [-0.25, -0.2) is 9.59 Å². The largest absolute Gasteiger partial charge is 0.464 e. The highest BCUT2D eigenvalue weighted by Gasteiger charge is 2.48. The number of hydrogen-bond donors (Lipinski definition) is 1. The highest BCUT2D eigenvalue weighted by atomic mass is 16.6. The molecular formula is C17H20N2O5. The van der Waals surface area contributed by atoms with E-state index in [-0.39, 0.29) is 19.6 Å². The molecule has 0 saturated carbocycles. The van der Waals surface area contributed by atoms with Crippen LogP contribution in [0, 0.1) is 11.3 Å². The molecule has 7 heteroatoms. The molecule has 1 unspecified atom stereocenters. The quantitative estimate of drug-likeness (QED) is 0.598. The average molecular weight is 332 g/mol. The van der Waals surface area contributed by atoms with Crippen LogP contribution in [0.2, 0.25) is 0 Å². The summed E-state index contributed by atoms with van der Waals surface area (Å²) in [6.07, 6.45) is -0.00236. The van der Waals surface area contributed by atoms with E-state index in [1.54, 1.807) is 38.1 Å². The van der Waals surface area contributed by atoms with Gasteiger partial charge in [0.15, 0.2) is 0 Å². The van der Waals surface area contributed by atoms with Gasteiger partial charge in [-0.05, 0) is 31.0 Å². The zero-order valence-electron chi connectivity index (χ0n) is 13.9. The molecule has 0 bridgehead atoms. The van der Waals surface area contributed by atoms with Gasteiger partial charge in [0.25, 0.3) is 0 Å². The molecule has 1 atom stereocenters. The Balaban J connectivity index is 2.92. The molecule has 1 aromatic rings. The summed E-state index contributed by atoms with van der Waals surface area (Å²) in [5.41, 5.74) is -0.731. The molecule has 0 aliphatic carbocycles. The second-order valence-corrected chi connectivity index (χ2v) is 5.05. The SMILES string of the molecule is CCOC(=O)C(CC)(NC(C)=O)C(=O)OCc1ccc(C#N)cc1. The van der Waals surface area contributed by atoms with E-state index in [0.29, 0.717) is 11.1 Å². The van der Waals surface area contributed by atoms with Crippen LogP contribution < -0.4 is 5.32 Å². The Kier molecular flexibility index (Phi) is 6.93. The Morgan fingerprint density at radius 2 is 1.71 bits per heavy atom. The van der Waals surface area contributed by atoms with Crippen molar-refractivity contribution in [3.05, 3.63) is 35.4 Å². The number of rotatable bonds is 7. The van der Waals surface area contributed by atoms with Crippen LogP contribution in [0.5, 0.6) is 0 Å². The van der Waals surface area contributed by atoms with E-state index >= 15 is 0 Å². The number of nitriles is 1. The summed E-state index contributed by atoms with van der Waals surface area (Å²) in [6, 6.07) is 8.45. The van der Waals surface area contributed by atoms with Gasteiger partial charge in [0.05, 0.1) is 18.2 Å². The van der Waals surface area contributed by atoms with Crippen LogP contribution in [-0.2, 0) is 30.5 Å². The topological polar surface area (TPSA) is 105 Å². The Morgan fingerprint density at radius 3 is 2.17 bits per heavy atom. The zero-order chi connectivity index (χ0) is 18.2. The molecule has 0 fully saturated rings. The third-order valence-corrected chi connectivity index (χ3v) is 3.35. The molecule has 0 saturated heterocycles. The molecule has 7 nitrogen and oxygen atoms in total. The highest BCUT2D eigenvalue weighted by molar-refractivity contribution is 6.07. The van der Waals surface area contributed by atoms with Crippen LogP contribution in [0.25, 0.3) is 0 Å². The van der Waals surface area contributed by atoms with Crippen molar-refractivity contribution < 1.29 is 23.9 Å². The first-order valence-electron chi connectivity index (χ1n) is 7.51. The fraction of sp³-hybridized carbons (Fsp3) is 0.412. The molecule has 1 aromatic carbocycles. The standard InChI is InChI=1S/C17H20N2O5/c1-4-17(19-12(3)20,15(21)23-5-2)16(22)24-11-14-8-6-13(10-18)7-9-14/h6-9H,4-5,11H2,1-3H3,(H,19,20). The lowest BCUT2D eigenvalue weighted by Crippen LogP contribution is -2.60. The summed E-state index contributed by atoms with van der Waals surface area (Å²) in [5.74, 6) is -2.28. The first-order chi connectivity index (χ1) is 11.4. The fourth-order valence-corrected chi connectivity index (χ4v) is 2.06. The molecule has 0 radical (unpaired) electrons. The van der Waals surface area contributed by atoms with Gasteiger partial charge in [-0.2, -0.15) is 5.26 Å². The average Bonchev–Trinajstić information content (AvgIpc) is 2.57. The first kappa shape index (κ1) is 19.2. The predicted octanol–water partition coefficient (Wildman–Crippen LogP) is 1.45. The third kappa shape index (κ3) is 4.56. The fourth-order valence-electron chi connectivity index (χ4n) is 2.06. The maximum absolute atomic E-state index is 12.5. The molecule has 1 amide bonds. The van der Waals surface area contributed by atoms with E-state index in [0.717, 1.165) is 0 Å². The normalized spacial score (nSPS) is 12.4. The van der Waals surface area contributed by atoms with Crippen LogP contribution in [0.1, 0.15) is 38.3 Å². The van der Waals surface area contributed by atoms with Crippen LogP contribution in [0.3, 0.4) is 0 Å². The van der Waals surface area contributed by atoms with Crippen molar-refractivity contribution in [1.29, 1.82) is 5.26 Å². The lowest BCUT2D eigenvalue weighted by Gasteiger charge is -2.28. The van der Waals surface area contributed by atoms with E-state index < -0.39 is 23.4 Å². The molecule has 1 rings (SSSR count). The number of nitrogens with one attached hydrogen (secondary N) is 1. The van der Waals surface area contributed by atoms with Gasteiger partial charge < -0.3 is 14.8 Å². The smallest absolute Gasteiger partial charge is 0.344 e. The van der Waals surface area contributed by atoms with Crippen LogP contribution in [-0.4, -0.2) is 30.0 Å². The lowest BCUT2D eigenvalue weighted by atomic mass is 9.96. The van der Waals surface area contributed by atoms with Crippen molar-refractivity contribution in [1.82, 2.24) is 5.32 Å². The number of esters is 2. The van der Waals surface area contributed by atoms with Crippen molar-refractivity contribution in [3.8, 4) is 6.07 Å². The number of carbonyl (C=O) groups is 3. The van der Waals surface area contributed by atoms with E-state index in [1.807, 2.05) is 6.07 Å². The summed E-state index contributed by atoms with van der Waals surface area (Å²) in [4.78, 5) is 36.1. The Labute approximate surface area is 140 Å². The molecule has 0 heterocycles. The minimum absolute atomic E-state index is 0.00236. The number of ether oxygens (including phenoxy) is 2. The molecular weight excluding hydrogens is 312 g/mol. The van der Waals surface area contributed by atoms with Gasteiger partial charge in [0.1, 0.15) is 6.61 Å². The first-order valence-corrected chi connectivity index (χ1v) is 7.51. The maximum atomic E-state index is 12.5. The minimum Gasteiger partial charge on any atom is -0.464 e. The van der Waals surface area contributed by atoms with Crippen molar-refractivity contribution in [2.45, 2.75) is 39.3 Å². The molecule has 0 aliphatic rings. The van der Waals surface area contributed by atoms with Gasteiger partial charge in [-0.15, -0.1) is 0 Å². The van der Waals surface area contributed by atoms with Gasteiger partial charge >= 0.3 is 11.9 Å². The molecule has 128 valence electrons. The van der Waals surface area contributed by atoms with Gasteiger partial charge in [0, 0.05) is 6.92 Å². The Hall–Kier alpha value is -2.88. The zero-order valence-corrected chi connectivity index (χ0v) is 13.9. The van der Waals surface area contributed by atoms with E-state index in [9.17, 15) is 14.4 Å². The summed E-state index contributed by atoms with van der Waals surface area (Å²) < 4.78 is 10.1. The van der Waals surface area contributed by atoms with E-state index in [2.05, 4.69) is 5.32 Å². The summed E-state index contributed by atoms with van der Waals surface area (Å²) in [7, 11) is 0. The predicted molar refractivity (Wildman–Crippen MR) is 84.4 cm³/mol. The van der Waals surface area contributed by atoms with E-state index in [4.69, 9.17) is 14.7 Å². The van der Waals surface area contributed by atoms with Crippen LogP contribution >= 0.6 is 0 Å². The highest BCUT2D eigenvalue weighted by Crippen LogP contribution is 2.17. The molecule has 1 N–H and O–H groups in total. The number of amides is 1. The maximum Gasteiger partial charge on any atom is 0.344 e. The van der Waals surface area contributed by atoms with Gasteiger partial charge in [-0.3, -0.25) is 4.79 Å². The van der Waals surface area contributed by atoms with Crippen molar-refractivity contribution in [2.24, 2.45) is 0 Å². The Morgan fingerprint density at radius 1 is 1.12 bits per heavy atom. The van der Waals surface area contributed by atoms with Crippen LogP contribution in [0.15, 0.2) is 24.3 Å². The molecule has 24 heavy (non-hydrogen) atoms. The van der Waals surface area contributed by atoms with Crippen molar-refractivity contribution in [3.63, 3.8) is 0 Å². The number of carbonyl (C=O) groups excluding carboxylic acids is 3. The number of nitrogens with zero attached hydrogens (tertiary/aromatic N) is 1. The summed E-state index contributed by atoms with van der Waals surface area (Å²) in [6.45, 7) is 4.37. The van der Waals surface area contributed by atoms with E-state index in [1.165, 1.54) is 6.92 Å². The number of hydrogen-bond acceptors (Lipinski definition) is 6. The molecule has 0 spiro atoms. The van der Waals surface area contributed by atoms with Gasteiger partial charge in [-0.1, -0.05) is 19.1 Å². The second-order valence-electron chi connectivity index (χ2n) is 5.05. The number of benzene rings is 1. The van der Waals surface area contributed by atoms with Crippen molar-refractivity contribution in [2.75, 3.05) is 6.61 Å².